The van der Waals surface area contributed by atoms with Crippen LogP contribution in [0.4, 0.5) is 0 Å². The van der Waals surface area contributed by atoms with E-state index in [-0.39, 0.29) is 11.4 Å². The van der Waals surface area contributed by atoms with E-state index in [2.05, 4.69) is 4.72 Å². The van der Waals surface area contributed by atoms with Gasteiger partial charge in [-0.05, 0) is 44.9 Å². The van der Waals surface area contributed by atoms with Crippen LogP contribution < -0.4 is 4.72 Å². The Balaban J connectivity index is 1.86. The molecule has 18 heavy (non-hydrogen) atoms. The number of nitrogens with one attached hydrogen (secondary N) is 1. The van der Waals surface area contributed by atoms with Crippen molar-refractivity contribution in [3.8, 4) is 0 Å². The Morgan fingerprint density at radius 2 is 2.06 bits per heavy atom. The van der Waals surface area contributed by atoms with Gasteiger partial charge < -0.3 is 0 Å². The van der Waals surface area contributed by atoms with Gasteiger partial charge in [-0.3, -0.25) is 0 Å². The molecule has 0 bridgehead atoms. The second-order valence-electron chi connectivity index (χ2n) is 5.59. The first-order valence-electron chi connectivity index (χ1n) is 6.89. The van der Waals surface area contributed by atoms with Gasteiger partial charge >= 0.3 is 0 Å². The predicted octanol–water partition coefficient (Wildman–Crippen LogP) is 2.10. The van der Waals surface area contributed by atoms with Gasteiger partial charge in [-0.2, -0.15) is 12.7 Å². The first-order valence-corrected chi connectivity index (χ1v) is 8.77. The van der Waals surface area contributed by atoms with Gasteiger partial charge in [-0.1, -0.05) is 6.42 Å². The lowest BCUT2D eigenvalue weighted by Crippen LogP contribution is -2.48. The molecule has 1 heterocycles. The van der Waals surface area contributed by atoms with Crippen molar-refractivity contribution in [2.75, 3.05) is 13.1 Å². The molecule has 4 nitrogen and oxygen atoms in total. The molecule has 1 aliphatic carbocycles. The summed E-state index contributed by atoms with van der Waals surface area (Å²) in [5.41, 5.74) is 0. The molecule has 106 valence electrons. The summed E-state index contributed by atoms with van der Waals surface area (Å²) >= 11 is 6.04. The molecular weight excluding hydrogens is 272 g/mol. The van der Waals surface area contributed by atoms with Crippen molar-refractivity contribution in [2.45, 2.75) is 56.9 Å². The maximum atomic E-state index is 12.2. The Morgan fingerprint density at radius 1 is 1.28 bits per heavy atom. The van der Waals surface area contributed by atoms with Crippen molar-refractivity contribution in [1.29, 1.82) is 0 Å². The van der Waals surface area contributed by atoms with Crippen molar-refractivity contribution < 1.29 is 8.42 Å². The average molecular weight is 295 g/mol. The Kier molecular flexibility index (Phi) is 4.92. The summed E-state index contributed by atoms with van der Waals surface area (Å²) in [5, 5.41) is 0.230. The molecule has 1 saturated heterocycles. The van der Waals surface area contributed by atoms with Gasteiger partial charge in [0.1, 0.15) is 0 Å². The number of rotatable bonds is 4. The van der Waals surface area contributed by atoms with Gasteiger partial charge in [0.25, 0.3) is 10.2 Å². The number of hydrogen-bond donors (Lipinski definition) is 1. The Hall–Kier alpha value is 0.160. The van der Waals surface area contributed by atoms with Gasteiger partial charge in [0.2, 0.25) is 0 Å². The highest BCUT2D eigenvalue weighted by Gasteiger charge is 2.31. The molecule has 2 fully saturated rings. The molecule has 0 aromatic rings. The minimum Gasteiger partial charge on any atom is -0.202 e. The molecule has 3 atom stereocenters. The van der Waals surface area contributed by atoms with Crippen molar-refractivity contribution in [2.24, 2.45) is 5.92 Å². The van der Waals surface area contributed by atoms with Crippen LogP contribution in [0.25, 0.3) is 0 Å². The fourth-order valence-corrected chi connectivity index (χ4v) is 4.87. The summed E-state index contributed by atoms with van der Waals surface area (Å²) in [6.07, 6.45) is 6.04. The molecule has 0 aromatic heterocycles. The van der Waals surface area contributed by atoms with E-state index in [1.165, 1.54) is 0 Å². The van der Waals surface area contributed by atoms with E-state index in [4.69, 9.17) is 11.6 Å². The number of halogens is 1. The quantitative estimate of drug-likeness (QED) is 0.807. The molecule has 1 aliphatic heterocycles. The lowest BCUT2D eigenvalue weighted by atomic mass is 10.1. The maximum absolute atomic E-state index is 12.2. The molecule has 2 rings (SSSR count). The van der Waals surface area contributed by atoms with E-state index < -0.39 is 10.2 Å². The van der Waals surface area contributed by atoms with Crippen LogP contribution in [0.5, 0.6) is 0 Å². The molecule has 0 radical (unpaired) electrons. The standard InChI is InChI=1S/C12H23ClN2O2S/c1-10-4-2-3-7-15(10)18(16,17)14-9-11-5-6-12(13)8-11/h10-12,14H,2-9H2,1H3. The van der Waals surface area contributed by atoms with Gasteiger partial charge in [-0.15, -0.1) is 11.6 Å². The first-order chi connectivity index (χ1) is 8.49. The topological polar surface area (TPSA) is 49.4 Å². The summed E-state index contributed by atoms with van der Waals surface area (Å²) in [5.74, 6) is 0.405. The van der Waals surface area contributed by atoms with E-state index in [0.717, 1.165) is 38.5 Å². The van der Waals surface area contributed by atoms with Crippen LogP contribution in [-0.2, 0) is 10.2 Å². The van der Waals surface area contributed by atoms with Crippen LogP contribution in [0.15, 0.2) is 0 Å². The monoisotopic (exact) mass is 294 g/mol. The van der Waals surface area contributed by atoms with Crippen LogP contribution in [-0.4, -0.2) is 37.2 Å². The van der Waals surface area contributed by atoms with E-state index in [9.17, 15) is 8.42 Å². The summed E-state index contributed by atoms with van der Waals surface area (Å²) in [4.78, 5) is 0. The fraction of sp³-hybridized carbons (Fsp3) is 1.00. The number of hydrogen-bond acceptors (Lipinski definition) is 2. The Bertz CT molecular complexity index is 374. The normalized spacial score (nSPS) is 34.9. The summed E-state index contributed by atoms with van der Waals surface area (Å²) < 4.78 is 28.8. The molecule has 6 heteroatoms. The smallest absolute Gasteiger partial charge is 0.202 e. The summed E-state index contributed by atoms with van der Waals surface area (Å²) in [6, 6.07) is 0.126. The SMILES string of the molecule is CC1CCCCN1S(=O)(=O)NCC1CCC(Cl)C1. The van der Waals surface area contributed by atoms with Crippen LogP contribution in [0.1, 0.15) is 45.4 Å². The van der Waals surface area contributed by atoms with Crippen LogP contribution in [0, 0.1) is 5.92 Å². The molecular formula is C12H23ClN2O2S. The molecule has 0 aromatic carbocycles. The second-order valence-corrected chi connectivity index (χ2v) is 7.91. The first kappa shape index (κ1) is 14.6. The minimum atomic E-state index is -3.30. The van der Waals surface area contributed by atoms with Crippen LogP contribution in [0.2, 0.25) is 0 Å². The van der Waals surface area contributed by atoms with Gasteiger partial charge in [0.15, 0.2) is 0 Å². The molecule has 0 amide bonds. The van der Waals surface area contributed by atoms with Crippen molar-refractivity contribution in [3.63, 3.8) is 0 Å². The highest BCUT2D eigenvalue weighted by atomic mass is 35.5. The van der Waals surface area contributed by atoms with Gasteiger partial charge in [0, 0.05) is 24.5 Å². The summed E-state index contributed by atoms with van der Waals surface area (Å²) in [7, 11) is -3.30. The van der Waals surface area contributed by atoms with Crippen molar-refractivity contribution in [3.05, 3.63) is 0 Å². The third-order valence-corrected chi connectivity index (χ3v) is 6.17. The predicted molar refractivity (Wildman–Crippen MR) is 73.9 cm³/mol. The molecule has 3 unspecified atom stereocenters. The lowest BCUT2D eigenvalue weighted by molar-refractivity contribution is 0.264. The third kappa shape index (κ3) is 3.59. The second kappa shape index (κ2) is 6.07. The maximum Gasteiger partial charge on any atom is 0.279 e. The third-order valence-electron chi connectivity index (χ3n) is 4.08. The highest BCUT2D eigenvalue weighted by Crippen LogP contribution is 2.29. The van der Waals surface area contributed by atoms with Gasteiger partial charge in [0.05, 0.1) is 0 Å². The van der Waals surface area contributed by atoms with Crippen LogP contribution in [0.3, 0.4) is 0 Å². The zero-order valence-corrected chi connectivity index (χ0v) is 12.5. The minimum absolute atomic E-state index is 0.126. The molecule has 0 spiro atoms. The Morgan fingerprint density at radius 3 is 2.67 bits per heavy atom. The van der Waals surface area contributed by atoms with E-state index in [1.54, 1.807) is 4.31 Å². The highest BCUT2D eigenvalue weighted by molar-refractivity contribution is 7.87. The lowest BCUT2D eigenvalue weighted by Gasteiger charge is -2.32. The fourth-order valence-electron chi connectivity index (χ4n) is 2.93. The molecule has 2 aliphatic rings. The van der Waals surface area contributed by atoms with E-state index in [1.807, 2.05) is 6.92 Å². The number of nitrogens with zero attached hydrogens (tertiary/aromatic N) is 1. The average Bonchev–Trinajstić information content (AvgIpc) is 2.73. The zero-order valence-electron chi connectivity index (χ0n) is 10.9. The number of alkyl halides is 1. The van der Waals surface area contributed by atoms with E-state index >= 15 is 0 Å². The number of piperidine rings is 1. The molecule has 1 N–H and O–H groups in total. The van der Waals surface area contributed by atoms with Crippen molar-refractivity contribution >= 4 is 21.8 Å². The molecule has 1 saturated carbocycles. The van der Waals surface area contributed by atoms with Gasteiger partial charge in [-0.25, -0.2) is 4.72 Å². The Labute approximate surface area is 115 Å². The van der Waals surface area contributed by atoms with Crippen molar-refractivity contribution in [1.82, 2.24) is 9.03 Å². The largest absolute Gasteiger partial charge is 0.279 e. The van der Waals surface area contributed by atoms with E-state index in [0.29, 0.717) is 19.0 Å². The summed E-state index contributed by atoms with van der Waals surface area (Å²) in [6.45, 7) is 3.18. The van der Waals surface area contributed by atoms with Crippen LogP contribution >= 0.6 is 11.6 Å². The zero-order chi connectivity index (χ0) is 13.2.